The molecule has 3 nitrogen and oxygen atoms in total. The van der Waals surface area contributed by atoms with Gasteiger partial charge >= 0.3 is 0 Å². The van der Waals surface area contributed by atoms with E-state index >= 15 is 0 Å². The molecule has 0 bridgehead atoms. The van der Waals surface area contributed by atoms with E-state index in [1.165, 1.54) is 5.56 Å². The molecule has 2 unspecified atom stereocenters. The number of rotatable bonds is 3. The molecule has 1 aromatic carbocycles. The second kappa shape index (κ2) is 4.70. The van der Waals surface area contributed by atoms with E-state index in [-0.39, 0.29) is 23.7 Å². The number of benzene rings is 1. The Kier molecular flexibility index (Phi) is 3.27. The molecule has 2 rings (SSSR count). The summed E-state index contributed by atoms with van der Waals surface area (Å²) in [6.07, 6.45) is 1.33. The maximum atomic E-state index is 11.6. The number of carbonyl (C=O) groups is 2. The minimum atomic E-state index is -0.213. The van der Waals surface area contributed by atoms with Crippen molar-refractivity contribution in [1.82, 2.24) is 5.32 Å². The lowest BCUT2D eigenvalue weighted by atomic mass is 9.86. The van der Waals surface area contributed by atoms with Crippen LogP contribution in [-0.4, -0.2) is 11.8 Å². The van der Waals surface area contributed by atoms with Gasteiger partial charge in [0.2, 0.25) is 11.8 Å². The average molecular weight is 231 g/mol. The van der Waals surface area contributed by atoms with E-state index < -0.39 is 0 Å². The minimum absolute atomic E-state index is 0.0901. The van der Waals surface area contributed by atoms with Crippen LogP contribution in [0.25, 0.3) is 0 Å². The van der Waals surface area contributed by atoms with Crippen molar-refractivity contribution in [2.75, 3.05) is 0 Å². The smallest absolute Gasteiger partial charge is 0.230 e. The van der Waals surface area contributed by atoms with Crippen molar-refractivity contribution in [1.29, 1.82) is 0 Å². The molecule has 0 spiro atoms. The molecule has 2 atom stereocenters. The van der Waals surface area contributed by atoms with Crippen LogP contribution in [0.1, 0.15) is 37.3 Å². The Morgan fingerprint density at radius 2 is 1.94 bits per heavy atom. The van der Waals surface area contributed by atoms with E-state index in [9.17, 15) is 9.59 Å². The maximum Gasteiger partial charge on any atom is 0.230 e. The van der Waals surface area contributed by atoms with Gasteiger partial charge in [0, 0.05) is 6.42 Å². The Balaban J connectivity index is 2.16. The van der Waals surface area contributed by atoms with Crippen molar-refractivity contribution in [3.63, 3.8) is 0 Å². The Morgan fingerprint density at radius 1 is 1.29 bits per heavy atom. The zero-order chi connectivity index (χ0) is 12.4. The van der Waals surface area contributed by atoms with E-state index in [0.29, 0.717) is 6.42 Å². The van der Waals surface area contributed by atoms with Crippen molar-refractivity contribution < 1.29 is 9.59 Å². The predicted molar refractivity (Wildman–Crippen MR) is 65.5 cm³/mol. The van der Waals surface area contributed by atoms with Gasteiger partial charge in [0.15, 0.2) is 0 Å². The molecule has 0 saturated carbocycles. The van der Waals surface area contributed by atoms with Crippen LogP contribution in [0.2, 0.25) is 0 Å². The largest absolute Gasteiger partial charge is 0.296 e. The zero-order valence-corrected chi connectivity index (χ0v) is 10.2. The van der Waals surface area contributed by atoms with Gasteiger partial charge in [-0.1, -0.05) is 38.1 Å². The maximum absolute atomic E-state index is 11.6. The molecular weight excluding hydrogens is 214 g/mol. The summed E-state index contributed by atoms with van der Waals surface area (Å²) in [5.74, 6) is -0.415. The van der Waals surface area contributed by atoms with Crippen molar-refractivity contribution in [3.8, 4) is 0 Å². The minimum Gasteiger partial charge on any atom is -0.296 e. The third-order valence-electron chi connectivity index (χ3n) is 3.52. The molecule has 17 heavy (non-hydrogen) atoms. The van der Waals surface area contributed by atoms with E-state index in [2.05, 4.69) is 36.5 Å². The highest BCUT2D eigenvalue weighted by atomic mass is 16.2. The Bertz CT molecular complexity index is 436. The number of amides is 2. The van der Waals surface area contributed by atoms with Crippen LogP contribution in [0, 0.1) is 5.92 Å². The van der Waals surface area contributed by atoms with Gasteiger partial charge in [-0.3, -0.25) is 14.9 Å². The number of imide groups is 1. The molecule has 1 heterocycles. The quantitative estimate of drug-likeness (QED) is 0.809. The van der Waals surface area contributed by atoms with Crippen LogP contribution in [0.4, 0.5) is 0 Å². The average Bonchev–Trinajstić information content (AvgIpc) is 2.68. The SMILES string of the molecule is CCc1ccc(C(C)C2CC(=O)NC2=O)cc1. The van der Waals surface area contributed by atoms with Gasteiger partial charge in [0.1, 0.15) is 0 Å². The van der Waals surface area contributed by atoms with Crippen LogP contribution in [0.3, 0.4) is 0 Å². The standard InChI is InChI=1S/C14H17NO2/c1-3-10-4-6-11(7-5-10)9(2)12-8-13(16)15-14(12)17/h4-7,9,12H,3,8H2,1-2H3,(H,15,16,17). The predicted octanol–water partition coefficient (Wildman–Crippen LogP) is 2.02. The molecule has 1 aliphatic heterocycles. The van der Waals surface area contributed by atoms with Crippen molar-refractivity contribution >= 4 is 11.8 Å². The number of aryl methyl sites for hydroxylation is 1. The normalized spacial score (nSPS) is 21.4. The van der Waals surface area contributed by atoms with Crippen LogP contribution in [0.15, 0.2) is 24.3 Å². The first-order chi connectivity index (χ1) is 8.11. The van der Waals surface area contributed by atoms with Crippen LogP contribution < -0.4 is 5.32 Å². The fourth-order valence-corrected chi connectivity index (χ4v) is 2.27. The van der Waals surface area contributed by atoms with Gasteiger partial charge < -0.3 is 0 Å². The lowest BCUT2D eigenvalue weighted by Gasteiger charge is -2.16. The summed E-state index contributed by atoms with van der Waals surface area (Å²) in [6.45, 7) is 4.12. The molecule has 1 fully saturated rings. The number of hydrogen-bond acceptors (Lipinski definition) is 2. The lowest BCUT2D eigenvalue weighted by molar-refractivity contribution is -0.126. The molecule has 1 aliphatic rings. The second-order valence-electron chi connectivity index (χ2n) is 4.61. The van der Waals surface area contributed by atoms with Gasteiger partial charge in [-0.25, -0.2) is 0 Å². The highest BCUT2D eigenvalue weighted by Crippen LogP contribution is 2.29. The van der Waals surface area contributed by atoms with Gasteiger partial charge in [-0.15, -0.1) is 0 Å². The molecule has 2 amide bonds. The Hall–Kier alpha value is -1.64. The topological polar surface area (TPSA) is 46.2 Å². The number of carbonyl (C=O) groups excluding carboxylic acids is 2. The van der Waals surface area contributed by atoms with Gasteiger partial charge in [0.25, 0.3) is 0 Å². The molecule has 1 N–H and O–H groups in total. The number of hydrogen-bond donors (Lipinski definition) is 1. The van der Waals surface area contributed by atoms with Gasteiger partial charge in [0.05, 0.1) is 5.92 Å². The molecule has 0 aromatic heterocycles. The Morgan fingerprint density at radius 3 is 2.41 bits per heavy atom. The molecule has 0 radical (unpaired) electrons. The lowest BCUT2D eigenvalue weighted by Crippen LogP contribution is -2.24. The summed E-state index contributed by atoms with van der Waals surface area (Å²) in [5, 5.41) is 2.36. The van der Waals surface area contributed by atoms with Crippen LogP contribution in [-0.2, 0) is 16.0 Å². The van der Waals surface area contributed by atoms with E-state index in [1.807, 2.05) is 6.92 Å². The van der Waals surface area contributed by atoms with E-state index in [0.717, 1.165) is 12.0 Å². The summed E-state index contributed by atoms with van der Waals surface area (Å²) in [6, 6.07) is 8.28. The highest BCUT2D eigenvalue weighted by Gasteiger charge is 2.35. The monoisotopic (exact) mass is 231 g/mol. The summed E-state index contributed by atoms with van der Waals surface area (Å²) < 4.78 is 0. The third kappa shape index (κ3) is 2.38. The van der Waals surface area contributed by atoms with Gasteiger partial charge in [-0.05, 0) is 23.5 Å². The first kappa shape index (κ1) is 11.8. The van der Waals surface area contributed by atoms with Crippen LogP contribution >= 0.6 is 0 Å². The van der Waals surface area contributed by atoms with Crippen molar-refractivity contribution in [2.24, 2.45) is 5.92 Å². The Labute approximate surface area is 101 Å². The molecular formula is C14H17NO2. The first-order valence-electron chi connectivity index (χ1n) is 6.04. The van der Waals surface area contributed by atoms with Gasteiger partial charge in [-0.2, -0.15) is 0 Å². The molecule has 1 saturated heterocycles. The highest BCUT2D eigenvalue weighted by molar-refractivity contribution is 6.03. The summed E-state index contributed by atoms with van der Waals surface area (Å²) in [5.41, 5.74) is 2.41. The summed E-state index contributed by atoms with van der Waals surface area (Å²) in [4.78, 5) is 22.8. The number of nitrogens with one attached hydrogen (secondary N) is 1. The first-order valence-corrected chi connectivity index (χ1v) is 6.04. The second-order valence-corrected chi connectivity index (χ2v) is 4.61. The van der Waals surface area contributed by atoms with E-state index in [1.54, 1.807) is 0 Å². The summed E-state index contributed by atoms with van der Waals surface area (Å²) in [7, 11) is 0. The summed E-state index contributed by atoms with van der Waals surface area (Å²) >= 11 is 0. The van der Waals surface area contributed by atoms with E-state index in [4.69, 9.17) is 0 Å². The van der Waals surface area contributed by atoms with Crippen molar-refractivity contribution in [2.45, 2.75) is 32.6 Å². The van der Waals surface area contributed by atoms with Crippen molar-refractivity contribution in [3.05, 3.63) is 35.4 Å². The fourth-order valence-electron chi connectivity index (χ4n) is 2.27. The molecule has 90 valence electrons. The fraction of sp³-hybridized carbons (Fsp3) is 0.429. The molecule has 3 heteroatoms. The molecule has 0 aliphatic carbocycles. The third-order valence-corrected chi connectivity index (χ3v) is 3.52. The zero-order valence-electron chi connectivity index (χ0n) is 10.2. The molecule has 1 aromatic rings. The van der Waals surface area contributed by atoms with Crippen LogP contribution in [0.5, 0.6) is 0 Å².